The van der Waals surface area contributed by atoms with Crippen LogP contribution in [-0.2, 0) is 12.8 Å². The number of hydrogen-bond acceptors (Lipinski definition) is 6. The van der Waals surface area contributed by atoms with Crippen LogP contribution in [0.15, 0.2) is 52.9 Å². The Bertz CT molecular complexity index is 1020. The lowest BCUT2D eigenvalue weighted by Crippen LogP contribution is -2.00. The van der Waals surface area contributed by atoms with Gasteiger partial charge in [-0.1, -0.05) is 12.1 Å². The molecule has 0 fully saturated rings. The molecule has 136 valence electrons. The number of nitrogens with zero attached hydrogens (tertiary/aromatic N) is 3. The Morgan fingerprint density at radius 1 is 1.19 bits per heavy atom. The van der Waals surface area contributed by atoms with Crippen molar-refractivity contribution < 1.29 is 4.92 Å². The van der Waals surface area contributed by atoms with E-state index in [-0.39, 0.29) is 5.69 Å². The maximum absolute atomic E-state index is 10.7. The van der Waals surface area contributed by atoms with Crippen LogP contribution in [0.2, 0.25) is 0 Å². The molecule has 3 aromatic rings. The van der Waals surface area contributed by atoms with Crippen molar-refractivity contribution in [1.82, 2.24) is 4.98 Å². The van der Waals surface area contributed by atoms with E-state index in [9.17, 15) is 10.1 Å². The van der Waals surface area contributed by atoms with E-state index in [1.165, 1.54) is 47.4 Å². The SMILES string of the molecule is C/C(=N/Nc1nc(-c2ccc3c(c2)CCC3)cs1)c1ccc([N+](=O)[O-])cc1. The molecule has 0 atom stereocenters. The molecule has 0 bridgehead atoms. The van der Waals surface area contributed by atoms with E-state index in [1.807, 2.05) is 12.3 Å². The molecule has 1 aromatic heterocycles. The van der Waals surface area contributed by atoms with Gasteiger partial charge in [-0.15, -0.1) is 11.3 Å². The predicted octanol–water partition coefficient (Wildman–Crippen LogP) is 5.04. The highest BCUT2D eigenvalue weighted by Gasteiger charge is 2.13. The average Bonchev–Trinajstić information content (AvgIpc) is 3.34. The van der Waals surface area contributed by atoms with Gasteiger partial charge < -0.3 is 0 Å². The van der Waals surface area contributed by atoms with Gasteiger partial charge in [-0.2, -0.15) is 5.10 Å². The summed E-state index contributed by atoms with van der Waals surface area (Å²) in [4.78, 5) is 14.9. The number of non-ortho nitro benzene ring substituents is 1. The minimum absolute atomic E-state index is 0.0680. The smallest absolute Gasteiger partial charge is 0.258 e. The van der Waals surface area contributed by atoms with Gasteiger partial charge in [-0.05, 0) is 61.1 Å². The van der Waals surface area contributed by atoms with Crippen molar-refractivity contribution in [3.05, 3.63) is 74.6 Å². The third-order valence-corrected chi connectivity index (χ3v) is 5.46. The molecular weight excluding hydrogens is 360 g/mol. The van der Waals surface area contributed by atoms with Gasteiger partial charge in [-0.25, -0.2) is 4.98 Å². The zero-order chi connectivity index (χ0) is 18.8. The second-order valence-electron chi connectivity index (χ2n) is 6.49. The van der Waals surface area contributed by atoms with Crippen molar-refractivity contribution in [1.29, 1.82) is 0 Å². The number of benzene rings is 2. The summed E-state index contributed by atoms with van der Waals surface area (Å²) in [5, 5.41) is 17.8. The summed E-state index contributed by atoms with van der Waals surface area (Å²) in [7, 11) is 0. The van der Waals surface area contributed by atoms with Crippen LogP contribution in [0.5, 0.6) is 0 Å². The van der Waals surface area contributed by atoms with Crippen molar-refractivity contribution in [2.75, 3.05) is 5.43 Å². The second-order valence-corrected chi connectivity index (χ2v) is 7.35. The van der Waals surface area contributed by atoms with Crippen LogP contribution in [0.3, 0.4) is 0 Å². The van der Waals surface area contributed by atoms with Crippen molar-refractivity contribution in [3.8, 4) is 11.3 Å². The van der Waals surface area contributed by atoms with Gasteiger partial charge in [-0.3, -0.25) is 15.5 Å². The monoisotopic (exact) mass is 378 g/mol. The van der Waals surface area contributed by atoms with Crippen LogP contribution in [0.25, 0.3) is 11.3 Å². The number of anilines is 1. The fourth-order valence-electron chi connectivity index (χ4n) is 3.21. The molecule has 0 radical (unpaired) electrons. The number of thiazole rings is 1. The highest BCUT2D eigenvalue weighted by atomic mass is 32.1. The largest absolute Gasteiger partial charge is 0.269 e. The van der Waals surface area contributed by atoms with Gasteiger partial charge in [0.05, 0.1) is 16.3 Å². The summed E-state index contributed by atoms with van der Waals surface area (Å²) in [6.45, 7) is 1.85. The minimum atomic E-state index is -0.412. The molecule has 27 heavy (non-hydrogen) atoms. The Kier molecular flexibility index (Phi) is 4.68. The second kappa shape index (κ2) is 7.28. The van der Waals surface area contributed by atoms with E-state index in [1.54, 1.807) is 12.1 Å². The standard InChI is InChI=1S/C20H18N4O2S/c1-13(14-7-9-18(10-8-14)24(25)26)22-23-20-21-19(12-27-20)17-6-5-15-3-2-4-16(15)11-17/h5-12H,2-4H2,1H3,(H,21,23)/b22-13-. The van der Waals surface area contributed by atoms with Crippen LogP contribution < -0.4 is 5.43 Å². The molecule has 1 aliphatic rings. The first kappa shape index (κ1) is 17.4. The molecule has 1 aliphatic carbocycles. The van der Waals surface area contributed by atoms with E-state index in [0.717, 1.165) is 29.0 Å². The van der Waals surface area contributed by atoms with Gasteiger partial charge in [0.15, 0.2) is 0 Å². The Labute approximate surface area is 160 Å². The number of nitrogens with one attached hydrogen (secondary N) is 1. The van der Waals surface area contributed by atoms with Gasteiger partial charge >= 0.3 is 0 Å². The van der Waals surface area contributed by atoms with Gasteiger partial charge in [0.2, 0.25) is 5.13 Å². The van der Waals surface area contributed by atoms with E-state index >= 15 is 0 Å². The van der Waals surface area contributed by atoms with E-state index < -0.39 is 4.92 Å². The van der Waals surface area contributed by atoms with Crippen molar-refractivity contribution >= 4 is 27.9 Å². The zero-order valence-corrected chi connectivity index (χ0v) is 15.6. The number of hydrazone groups is 1. The summed E-state index contributed by atoms with van der Waals surface area (Å²) >= 11 is 1.50. The zero-order valence-electron chi connectivity index (χ0n) is 14.8. The third-order valence-electron chi connectivity index (χ3n) is 4.71. The molecule has 0 saturated carbocycles. The van der Waals surface area contributed by atoms with Crippen LogP contribution in [0, 0.1) is 10.1 Å². The number of nitro benzene ring substituents is 1. The topological polar surface area (TPSA) is 80.4 Å². The first-order valence-electron chi connectivity index (χ1n) is 8.73. The fraction of sp³-hybridized carbons (Fsp3) is 0.200. The number of aromatic nitrogens is 1. The van der Waals surface area contributed by atoms with Gasteiger partial charge in [0.1, 0.15) is 0 Å². The molecular formula is C20H18N4O2S. The molecule has 2 aromatic carbocycles. The maximum Gasteiger partial charge on any atom is 0.269 e. The highest BCUT2D eigenvalue weighted by molar-refractivity contribution is 7.14. The molecule has 1 N–H and O–H groups in total. The van der Waals surface area contributed by atoms with Crippen molar-refractivity contribution in [3.63, 3.8) is 0 Å². The predicted molar refractivity (Wildman–Crippen MR) is 109 cm³/mol. The Hall–Kier alpha value is -3.06. The van der Waals surface area contributed by atoms with Gasteiger partial charge in [0, 0.05) is 23.1 Å². The summed E-state index contributed by atoms with van der Waals surface area (Å²) in [5.74, 6) is 0. The number of aryl methyl sites for hydroxylation is 2. The van der Waals surface area contributed by atoms with Crippen molar-refractivity contribution in [2.45, 2.75) is 26.2 Å². The summed E-state index contributed by atoms with van der Waals surface area (Å²) in [6.07, 6.45) is 3.56. The summed E-state index contributed by atoms with van der Waals surface area (Å²) < 4.78 is 0. The highest BCUT2D eigenvalue weighted by Crippen LogP contribution is 2.30. The number of fused-ring (bicyclic) bond motifs is 1. The Morgan fingerprint density at radius 3 is 2.74 bits per heavy atom. The normalized spacial score (nSPS) is 13.4. The molecule has 0 saturated heterocycles. The summed E-state index contributed by atoms with van der Waals surface area (Å²) in [6, 6.07) is 12.9. The molecule has 0 aliphatic heterocycles. The van der Waals surface area contributed by atoms with Gasteiger partial charge in [0.25, 0.3) is 5.69 Å². The quantitative estimate of drug-likeness (QED) is 0.383. The van der Waals surface area contributed by atoms with Crippen LogP contribution >= 0.6 is 11.3 Å². The molecule has 1 heterocycles. The van der Waals surface area contributed by atoms with Crippen molar-refractivity contribution in [2.24, 2.45) is 5.10 Å². The molecule has 0 unspecified atom stereocenters. The molecule has 4 rings (SSSR count). The van der Waals surface area contributed by atoms with Crippen LogP contribution in [-0.4, -0.2) is 15.6 Å². The third kappa shape index (κ3) is 3.73. The first-order chi connectivity index (χ1) is 13.1. The van der Waals surface area contributed by atoms with Crippen LogP contribution in [0.4, 0.5) is 10.8 Å². The van der Waals surface area contributed by atoms with Crippen LogP contribution in [0.1, 0.15) is 30.0 Å². The Balaban J connectivity index is 1.47. The number of rotatable bonds is 5. The lowest BCUT2D eigenvalue weighted by atomic mass is 10.1. The molecule has 0 spiro atoms. The minimum Gasteiger partial charge on any atom is -0.258 e. The van der Waals surface area contributed by atoms with E-state index in [2.05, 4.69) is 33.7 Å². The average molecular weight is 378 g/mol. The lowest BCUT2D eigenvalue weighted by Gasteiger charge is -2.02. The van der Waals surface area contributed by atoms with E-state index in [0.29, 0.717) is 5.13 Å². The maximum atomic E-state index is 10.7. The lowest BCUT2D eigenvalue weighted by molar-refractivity contribution is -0.384. The number of nitro groups is 1. The number of hydrogen-bond donors (Lipinski definition) is 1. The molecule has 7 heteroatoms. The Morgan fingerprint density at radius 2 is 1.96 bits per heavy atom. The summed E-state index contributed by atoms with van der Waals surface area (Å²) in [5.41, 5.74) is 9.58. The fourth-order valence-corrected chi connectivity index (χ4v) is 3.87. The molecule has 0 amide bonds. The first-order valence-corrected chi connectivity index (χ1v) is 9.61. The van der Waals surface area contributed by atoms with E-state index in [4.69, 9.17) is 0 Å². The molecule has 6 nitrogen and oxygen atoms in total.